The zero-order valence-corrected chi connectivity index (χ0v) is 6.03. The van der Waals surface area contributed by atoms with E-state index in [0.29, 0.717) is 0 Å². The summed E-state index contributed by atoms with van der Waals surface area (Å²) in [6.07, 6.45) is 0. The molecule has 0 saturated heterocycles. The van der Waals surface area contributed by atoms with Gasteiger partial charge in [0, 0.05) is 0 Å². The normalized spacial score (nSPS) is 10.4. The molecule has 0 atom stereocenters. The number of hydrogen-bond acceptors (Lipinski definition) is 1. The van der Waals surface area contributed by atoms with Gasteiger partial charge in [-0.25, -0.2) is 0 Å². The van der Waals surface area contributed by atoms with E-state index in [0.717, 1.165) is 0 Å². The molecule has 0 amide bonds. The van der Waals surface area contributed by atoms with Gasteiger partial charge in [-0.3, -0.25) is 4.57 Å². The first-order valence-corrected chi connectivity index (χ1v) is 4.33. The first kappa shape index (κ1) is 11.0. The first-order valence-electron chi connectivity index (χ1n) is 2.72. The second-order valence-electron chi connectivity index (χ2n) is 1.88. The van der Waals surface area contributed by atoms with Crippen LogP contribution in [0.4, 0.5) is 0 Å². The van der Waals surface area contributed by atoms with Crippen LogP contribution in [0.5, 0.6) is 0 Å². The zero-order valence-electron chi connectivity index (χ0n) is 5.14. The van der Waals surface area contributed by atoms with E-state index in [1.54, 1.807) is 18.2 Å². The van der Waals surface area contributed by atoms with Gasteiger partial charge >= 0.3 is 26.5 Å². The van der Waals surface area contributed by atoms with E-state index in [4.69, 9.17) is 9.79 Å². The summed E-state index contributed by atoms with van der Waals surface area (Å²) >= 11 is 0. The Morgan fingerprint density at radius 1 is 1.09 bits per heavy atom. The summed E-state index contributed by atoms with van der Waals surface area (Å²) in [6.45, 7) is 0. The fraction of sp³-hybridized carbons (Fsp3) is 0. The molecule has 0 saturated carbocycles. The maximum atomic E-state index is 10.5. The Labute approximate surface area is 76.8 Å². The molecule has 0 unspecified atom stereocenters. The van der Waals surface area contributed by atoms with E-state index in [2.05, 4.69) is 0 Å². The maximum absolute atomic E-state index is 10.5. The van der Waals surface area contributed by atoms with Crippen molar-refractivity contribution in [3.63, 3.8) is 0 Å². The molecular weight excluding hydrogens is 158 g/mol. The third-order valence-corrected chi connectivity index (χ3v) is 2.06. The Balaban J connectivity index is 0.000001000. The summed E-state index contributed by atoms with van der Waals surface area (Å²) < 4.78 is 10.5. The molecule has 5 heteroatoms. The van der Waals surface area contributed by atoms with Gasteiger partial charge in [-0.05, 0) is 12.1 Å². The van der Waals surface area contributed by atoms with Crippen LogP contribution >= 0.6 is 7.60 Å². The summed E-state index contributed by atoms with van der Waals surface area (Å²) in [5.41, 5.74) is 0. The molecule has 1 aromatic rings. The Hall–Kier alpha value is -0.0326. The topological polar surface area (TPSA) is 57.5 Å². The number of rotatable bonds is 1. The van der Waals surface area contributed by atoms with Gasteiger partial charge in [-0.15, -0.1) is 0 Å². The Morgan fingerprint density at radius 2 is 1.55 bits per heavy atom. The molecule has 0 aliphatic carbocycles. The monoisotopic (exact) mass is 166 g/mol. The van der Waals surface area contributed by atoms with Gasteiger partial charge in [0.25, 0.3) is 0 Å². The molecule has 0 aliphatic rings. The third kappa shape index (κ3) is 3.24. The molecule has 0 heterocycles. The SMILES string of the molecule is O=P(O)(O)c1ccccc1.[LiH]. The van der Waals surface area contributed by atoms with Crippen LogP contribution in [0.15, 0.2) is 30.3 Å². The molecule has 3 nitrogen and oxygen atoms in total. The van der Waals surface area contributed by atoms with Gasteiger partial charge in [0.15, 0.2) is 0 Å². The van der Waals surface area contributed by atoms with Crippen molar-refractivity contribution in [2.45, 2.75) is 0 Å². The van der Waals surface area contributed by atoms with Gasteiger partial charge in [-0.1, -0.05) is 18.2 Å². The Morgan fingerprint density at radius 3 is 1.82 bits per heavy atom. The van der Waals surface area contributed by atoms with Crippen molar-refractivity contribution in [3.8, 4) is 0 Å². The molecule has 2 N–H and O–H groups in total. The Bertz CT molecular complexity index is 256. The molecule has 11 heavy (non-hydrogen) atoms. The second kappa shape index (κ2) is 4.11. The van der Waals surface area contributed by atoms with Gasteiger partial charge in [0.2, 0.25) is 0 Å². The van der Waals surface area contributed by atoms with Crippen LogP contribution in [0.25, 0.3) is 0 Å². The molecule has 0 bridgehead atoms. The van der Waals surface area contributed by atoms with E-state index in [9.17, 15) is 4.57 Å². The molecule has 56 valence electrons. The van der Waals surface area contributed by atoms with Crippen molar-refractivity contribution in [3.05, 3.63) is 30.3 Å². The standard InChI is InChI=1S/C6H7O3P.Li.H/c7-10(8,9)6-4-2-1-3-5-6;;/h1-5H,(H2,7,8,9);;. The number of benzene rings is 1. The summed E-state index contributed by atoms with van der Waals surface area (Å²) in [4.78, 5) is 17.2. The summed E-state index contributed by atoms with van der Waals surface area (Å²) in [6, 6.07) is 7.70. The van der Waals surface area contributed by atoms with E-state index in [1.165, 1.54) is 12.1 Å². The average molecular weight is 166 g/mol. The van der Waals surface area contributed by atoms with Crippen molar-refractivity contribution in [2.24, 2.45) is 0 Å². The fourth-order valence-electron chi connectivity index (χ4n) is 0.622. The van der Waals surface area contributed by atoms with Crippen molar-refractivity contribution in [1.29, 1.82) is 0 Å². The van der Waals surface area contributed by atoms with E-state index in [1.807, 2.05) is 0 Å². The first-order chi connectivity index (χ1) is 4.61. The van der Waals surface area contributed by atoms with Gasteiger partial charge < -0.3 is 9.79 Å². The molecule has 0 fully saturated rings. The quantitative estimate of drug-likeness (QED) is 0.450. The van der Waals surface area contributed by atoms with Gasteiger partial charge in [0.05, 0.1) is 5.30 Å². The molecule has 0 aliphatic heterocycles. The van der Waals surface area contributed by atoms with Crippen LogP contribution in [0.2, 0.25) is 0 Å². The van der Waals surface area contributed by atoms with Crippen LogP contribution in [-0.2, 0) is 4.57 Å². The van der Waals surface area contributed by atoms with Gasteiger partial charge in [0.1, 0.15) is 0 Å². The average Bonchev–Trinajstić information content (AvgIpc) is 1.88. The van der Waals surface area contributed by atoms with Crippen LogP contribution in [0.1, 0.15) is 0 Å². The molecule has 0 radical (unpaired) electrons. The van der Waals surface area contributed by atoms with E-state index in [-0.39, 0.29) is 24.2 Å². The summed E-state index contributed by atoms with van der Waals surface area (Å²) in [5, 5.41) is 0.0648. The minimum absolute atomic E-state index is 0. The summed E-state index contributed by atoms with van der Waals surface area (Å²) in [5.74, 6) is 0. The number of hydrogen-bond donors (Lipinski definition) is 2. The predicted octanol–water partition coefficient (Wildman–Crippen LogP) is -0.159. The zero-order chi connectivity index (χ0) is 7.61. The molecule has 1 rings (SSSR count). The Kier molecular flexibility index (Phi) is 4.10. The fourth-order valence-corrected chi connectivity index (χ4v) is 1.18. The van der Waals surface area contributed by atoms with Crippen molar-refractivity contribution >= 4 is 31.8 Å². The van der Waals surface area contributed by atoms with Crippen molar-refractivity contribution in [1.82, 2.24) is 0 Å². The van der Waals surface area contributed by atoms with Crippen LogP contribution in [0.3, 0.4) is 0 Å². The van der Waals surface area contributed by atoms with E-state index >= 15 is 0 Å². The van der Waals surface area contributed by atoms with Crippen molar-refractivity contribution in [2.75, 3.05) is 0 Å². The molecule has 1 aromatic carbocycles. The summed E-state index contributed by atoms with van der Waals surface area (Å²) in [7, 11) is -4.02. The van der Waals surface area contributed by atoms with Crippen LogP contribution in [-0.4, -0.2) is 28.6 Å². The molecule has 0 spiro atoms. The molecular formula is C6H8LiO3P. The molecule has 0 aromatic heterocycles. The second-order valence-corrected chi connectivity index (χ2v) is 3.48. The predicted molar refractivity (Wildman–Crippen MR) is 45.3 cm³/mol. The van der Waals surface area contributed by atoms with Crippen LogP contribution < -0.4 is 5.30 Å². The van der Waals surface area contributed by atoms with E-state index < -0.39 is 7.60 Å². The minimum atomic E-state index is -4.02. The third-order valence-electron chi connectivity index (χ3n) is 1.09. The van der Waals surface area contributed by atoms with Gasteiger partial charge in [-0.2, -0.15) is 0 Å². The van der Waals surface area contributed by atoms with Crippen LogP contribution in [0, 0.1) is 0 Å². The van der Waals surface area contributed by atoms with Crippen molar-refractivity contribution < 1.29 is 14.4 Å².